The quantitative estimate of drug-likeness (QED) is 0.572. The van der Waals surface area contributed by atoms with E-state index in [9.17, 15) is 0 Å². The van der Waals surface area contributed by atoms with E-state index in [4.69, 9.17) is 17.3 Å². The Labute approximate surface area is 169 Å². The van der Waals surface area contributed by atoms with Crippen LogP contribution in [0.25, 0.3) is 6.08 Å². The normalized spacial score (nSPS) is 14.8. The maximum absolute atomic E-state index is 5.95. The van der Waals surface area contributed by atoms with Crippen LogP contribution in [0.15, 0.2) is 70.9 Å². The lowest BCUT2D eigenvalue weighted by molar-refractivity contribution is 0.528. The van der Waals surface area contributed by atoms with E-state index in [1.54, 1.807) is 24.3 Å². The number of halogens is 1. The van der Waals surface area contributed by atoms with Crippen molar-refractivity contribution < 1.29 is 0 Å². The van der Waals surface area contributed by atoms with E-state index < -0.39 is 0 Å². The third-order valence-electron chi connectivity index (χ3n) is 4.08. The zero-order valence-electron chi connectivity index (χ0n) is 15.9. The minimum absolute atomic E-state index is 0.352. The van der Waals surface area contributed by atoms with Gasteiger partial charge in [0.2, 0.25) is 0 Å². The van der Waals surface area contributed by atoms with Gasteiger partial charge in [0.1, 0.15) is 11.7 Å². The average Bonchev–Trinajstić information content (AvgIpc) is 2.95. The Morgan fingerprint density at radius 2 is 2.18 bits per heavy atom. The van der Waals surface area contributed by atoms with Crippen molar-refractivity contribution in [3.05, 3.63) is 82.6 Å². The molecule has 6 nitrogen and oxygen atoms in total. The minimum atomic E-state index is 0.352. The Kier molecular flexibility index (Phi) is 6.45. The van der Waals surface area contributed by atoms with Gasteiger partial charge in [-0.2, -0.15) is 5.10 Å². The first-order chi connectivity index (χ1) is 13.5. The standard InChI is InChI=1S/C21H23ClN6/c1-28(2)18-8-3-5-15(9-10-18)13-21-25-20(26-27-21)12-11-19(23)24-17-7-4-6-16(22)14-17/h4-12,14H,3,13H2,1-2H3,(H2,23,24)(H,25,26,27)/b12-11-. The van der Waals surface area contributed by atoms with Gasteiger partial charge in [0.25, 0.3) is 0 Å². The number of amidine groups is 1. The van der Waals surface area contributed by atoms with Crippen LogP contribution in [0.2, 0.25) is 5.02 Å². The zero-order chi connectivity index (χ0) is 19.9. The van der Waals surface area contributed by atoms with Crippen LogP contribution < -0.4 is 5.73 Å². The molecule has 3 rings (SSSR count). The van der Waals surface area contributed by atoms with Crippen LogP contribution >= 0.6 is 11.6 Å². The number of aromatic nitrogens is 3. The van der Waals surface area contributed by atoms with Crippen molar-refractivity contribution in [2.75, 3.05) is 14.1 Å². The van der Waals surface area contributed by atoms with Gasteiger partial charge in [-0.05, 0) is 48.4 Å². The van der Waals surface area contributed by atoms with Crippen LogP contribution in [0.3, 0.4) is 0 Å². The first-order valence-corrected chi connectivity index (χ1v) is 9.31. The third kappa shape index (κ3) is 5.69. The predicted octanol–water partition coefficient (Wildman–Crippen LogP) is 4.03. The molecule has 144 valence electrons. The maximum Gasteiger partial charge on any atom is 0.174 e. The third-order valence-corrected chi connectivity index (χ3v) is 4.32. The van der Waals surface area contributed by atoms with Crippen LogP contribution in [0.1, 0.15) is 18.1 Å². The van der Waals surface area contributed by atoms with Gasteiger partial charge in [-0.1, -0.05) is 35.9 Å². The number of nitrogens with two attached hydrogens (primary N) is 1. The fourth-order valence-corrected chi connectivity index (χ4v) is 2.86. The lowest BCUT2D eigenvalue weighted by atomic mass is 10.1. The van der Waals surface area contributed by atoms with Crippen molar-refractivity contribution in [3.63, 3.8) is 0 Å². The smallest absolute Gasteiger partial charge is 0.174 e. The van der Waals surface area contributed by atoms with Crippen LogP contribution in [0.5, 0.6) is 0 Å². The van der Waals surface area contributed by atoms with Gasteiger partial charge in [0, 0.05) is 31.2 Å². The van der Waals surface area contributed by atoms with Crippen molar-refractivity contribution >= 4 is 29.2 Å². The van der Waals surface area contributed by atoms with Gasteiger partial charge < -0.3 is 10.6 Å². The number of benzene rings is 1. The highest BCUT2D eigenvalue weighted by molar-refractivity contribution is 6.30. The molecule has 1 heterocycles. The molecule has 1 aromatic heterocycles. The number of allylic oxidation sites excluding steroid dienone is 5. The van der Waals surface area contributed by atoms with Crippen LogP contribution in [0, 0.1) is 0 Å². The Hall–Kier alpha value is -3.12. The van der Waals surface area contributed by atoms with Crippen molar-refractivity contribution in [3.8, 4) is 0 Å². The van der Waals surface area contributed by atoms with E-state index in [0.717, 1.165) is 12.2 Å². The second-order valence-corrected chi connectivity index (χ2v) is 6.97. The molecule has 0 atom stereocenters. The molecule has 0 saturated carbocycles. The zero-order valence-corrected chi connectivity index (χ0v) is 16.7. The highest BCUT2D eigenvalue weighted by Crippen LogP contribution is 2.18. The highest BCUT2D eigenvalue weighted by atomic mass is 35.5. The molecule has 3 N–H and O–H groups in total. The SMILES string of the molecule is CN(C)C1=CCC=C(Cc2nc(/C=C\C(N)=Nc3cccc(Cl)c3)n[nH]2)C=C1. The van der Waals surface area contributed by atoms with E-state index in [2.05, 4.69) is 49.4 Å². The monoisotopic (exact) mass is 394 g/mol. The molecule has 1 aliphatic rings. The molecule has 0 radical (unpaired) electrons. The number of H-pyrrole nitrogens is 1. The maximum atomic E-state index is 5.95. The second kappa shape index (κ2) is 9.19. The molecule has 7 heteroatoms. The number of rotatable bonds is 6. The first kappa shape index (κ1) is 19.6. The molecular weight excluding hydrogens is 372 g/mol. The Bertz CT molecular complexity index is 978. The number of aromatic amines is 1. The van der Waals surface area contributed by atoms with Gasteiger partial charge in [0.15, 0.2) is 5.82 Å². The van der Waals surface area contributed by atoms with Gasteiger partial charge in [0.05, 0.1) is 5.69 Å². The molecule has 28 heavy (non-hydrogen) atoms. The summed E-state index contributed by atoms with van der Waals surface area (Å²) in [7, 11) is 4.08. The fourth-order valence-electron chi connectivity index (χ4n) is 2.67. The van der Waals surface area contributed by atoms with E-state index in [-0.39, 0.29) is 0 Å². The van der Waals surface area contributed by atoms with Gasteiger partial charge in [-0.25, -0.2) is 9.98 Å². The highest BCUT2D eigenvalue weighted by Gasteiger charge is 2.05. The Morgan fingerprint density at radius 3 is 2.96 bits per heavy atom. The average molecular weight is 395 g/mol. The minimum Gasteiger partial charge on any atom is -0.384 e. The molecule has 1 aromatic carbocycles. The van der Waals surface area contributed by atoms with Gasteiger partial charge in [-0.3, -0.25) is 5.10 Å². The number of nitrogens with zero attached hydrogens (tertiary/aromatic N) is 4. The lowest BCUT2D eigenvalue weighted by Crippen LogP contribution is -2.08. The second-order valence-electron chi connectivity index (χ2n) is 6.54. The predicted molar refractivity (Wildman–Crippen MR) is 115 cm³/mol. The van der Waals surface area contributed by atoms with E-state index in [1.165, 1.54) is 11.3 Å². The number of hydrogen-bond acceptors (Lipinski definition) is 4. The van der Waals surface area contributed by atoms with Crippen LogP contribution in [0.4, 0.5) is 5.69 Å². The largest absolute Gasteiger partial charge is 0.384 e. The topological polar surface area (TPSA) is 83.2 Å². The molecule has 0 bridgehead atoms. The van der Waals surface area contributed by atoms with Crippen molar-refractivity contribution in [2.24, 2.45) is 10.7 Å². The molecular formula is C21H23ClN6. The van der Waals surface area contributed by atoms with Gasteiger partial charge in [-0.15, -0.1) is 0 Å². The summed E-state index contributed by atoms with van der Waals surface area (Å²) in [5.74, 6) is 1.71. The molecule has 0 amide bonds. The van der Waals surface area contributed by atoms with Crippen molar-refractivity contribution in [1.29, 1.82) is 0 Å². The molecule has 0 spiro atoms. The molecule has 0 unspecified atom stereocenters. The molecule has 0 aliphatic heterocycles. The summed E-state index contributed by atoms with van der Waals surface area (Å²) >= 11 is 5.95. The van der Waals surface area contributed by atoms with E-state index in [1.807, 2.05) is 26.2 Å². The number of hydrogen-bond donors (Lipinski definition) is 2. The fraction of sp³-hybridized carbons (Fsp3) is 0.190. The van der Waals surface area contributed by atoms with E-state index >= 15 is 0 Å². The molecule has 0 fully saturated rings. The summed E-state index contributed by atoms with van der Waals surface area (Å²) in [5, 5.41) is 7.81. The Balaban J connectivity index is 1.62. The Morgan fingerprint density at radius 1 is 1.32 bits per heavy atom. The van der Waals surface area contributed by atoms with Crippen molar-refractivity contribution in [1.82, 2.24) is 20.1 Å². The summed E-state index contributed by atoms with van der Waals surface area (Å²) in [6.07, 6.45) is 13.6. The van der Waals surface area contributed by atoms with Crippen LogP contribution in [-0.2, 0) is 6.42 Å². The van der Waals surface area contributed by atoms with Gasteiger partial charge >= 0.3 is 0 Å². The van der Waals surface area contributed by atoms with E-state index in [0.29, 0.717) is 28.8 Å². The summed E-state index contributed by atoms with van der Waals surface area (Å²) in [4.78, 5) is 10.9. The molecule has 2 aromatic rings. The molecule has 1 aliphatic carbocycles. The molecule has 0 saturated heterocycles. The summed E-state index contributed by atoms with van der Waals surface area (Å²) in [5.41, 5.74) is 9.03. The first-order valence-electron chi connectivity index (χ1n) is 8.93. The summed E-state index contributed by atoms with van der Waals surface area (Å²) in [6, 6.07) is 7.20. The summed E-state index contributed by atoms with van der Waals surface area (Å²) < 4.78 is 0. The number of nitrogens with one attached hydrogen (secondary N) is 1. The van der Waals surface area contributed by atoms with Crippen LogP contribution in [-0.4, -0.2) is 40.0 Å². The van der Waals surface area contributed by atoms with Crippen molar-refractivity contribution in [2.45, 2.75) is 12.8 Å². The lowest BCUT2D eigenvalue weighted by Gasteiger charge is -2.12. The number of likely N-dealkylation sites (N-methyl/N-ethyl adjacent to an activating group) is 1. The number of aliphatic imine (C=N–C) groups is 1. The summed E-state index contributed by atoms with van der Waals surface area (Å²) in [6.45, 7) is 0.